The van der Waals surface area contributed by atoms with Gasteiger partial charge in [-0.15, -0.1) is 0 Å². The summed E-state index contributed by atoms with van der Waals surface area (Å²) in [6.45, 7) is 6.15. The summed E-state index contributed by atoms with van der Waals surface area (Å²) in [4.78, 5) is 15.5. The van der Waals surface area contributed by atoms with Crippen LogP contribution in [0, 0.1) is 37.9 Å². The predicted molar refractivity (Wildman–Crippen MR) is 151 cm³/mol. The molecule has 5 rings (SSSR count). The molecule has 0 radical (unpaired) electrons. The quantitative estimate of drug-likeness (QED) is 0.367. The summed E-state index contributed by atoms with van der Waals surface area (Å²) in [5, 5.41) is 10.6. The first-order valence-corrected chi connectivity index (χ1v) is 13.3. The summed E-state index contributed by atoms with van der Waals surface area (Å²) < 4.78 is 19.4. The fourth-order valence-electron chi connectivity index (χ4n) is 5.62. The molecular formula is C32H29ClFN3O2. The molecule has 3 aromatic rings. The molecule has 3 aromatic carbocycles. The van der Waals surface area contributed by atoms with Crippen molar-refractivity contribution in [1.82, 2.24) is 0 Å². The second kappa shape index (κ2) is 10.6. The van der Waals surface area contributed by atoms with Crippen molar-refractivity contribution in [2.75, 3.05) is 4.90 Å². The van der Waals surface area contributed by atoms with Crippen molar-refractivity contribution >= 4 is 23.1 Å². The zero-order chi connectivity index (χ0) is 27.8. The second-order valence-corrected chi connectivity index (χ2v) is 10.5. The summed E-state index contributed by atoms with van der Waals surface area (Å²) in [5.41, 5.74) is 14.2. The molecule has 0 fully saturated rings. The lowest BCUT2D eigenvalue weighted by atomic mass is 9.74. The SMILES string of the molecule is Cc1cc(C)c(C2C(C#N)=C(N)N(c3ccccc3C)C3=C2C(=O)CCC3)cc1COc1ccc(F)cc1Cl. The van der Waals surface area contributed by atoms with Crippen LogP contribution in [0.2, 0.25) is 5.02 Å². The van der Waals surface area contributed by atoms with Crippen LogP contribution in [0.4, 0.5) is 10.1 Å². The topological polar surface area (TPSA) is 79.4 Å². The number of aryl methyl sites for hydroxylation is 3. The van der Waals surface area contributed by atoms with Crippen LogP contribution in [-0.2, 0) is 11.4 Å². The molecule has 1 atom stereocenters. The Morgan fingerprint density at radius 1 is 1.08 bits per heavy atom. The van der Waals surface area contributed by atoms with Gasteiger partial charge in [-0.3, -0.25) is 9.69 Å². The van der Waals surface area contributed by atoms with E-state index in [1.54, 1.807) is 0 Å². The Labute approximate surface area is 233 Å². The molecular weight excluding hydrogens is 513 g/mol. The largest absolute Gasteiger partial charge is 0.487 e. The van der Waals surface area contributed by atoms with E-state index in [4.69, 9.17) is 22.1 Å². The third-order valence-electron chi connectivity index (χ3n) is 7.58. The third-order valence-corrected chi connectivity index (χ3v) is 7.88. The molecule has 0 saturated heterocycles. The number of hydrogen-bond donors (Lipinski definition) is 1. The molecule has 198 valence electrons. The molecule has 2 aliphatic rings. The number of nitriles is 1. The van der Waals surface area contributed by atoms with Gasteiger partial charge >= 0.3 is 0 Å². The number of nitrogens with two attached hydrogens (primary N) is 1. The Bertz CT molecular complexity index is 1600. The molecule has 0 amide bonds. The van der Waals surface area contributed by atoms with E-state index in [1.807, 2.05) is 62.1 Å². The summed E-state index contributed by atoms with van der Waals surface area (Å²) in [6, 6.07) is 18.2. The Hall–Kier alpha value is -4.08. The molecule has 0 saturated carbocycles. The number of hydrogen-bond acceptors (Lipinski definition) is 5. The van der Waals surface area contributed by atoms with Gasteiger partial charge in [-0.25, -0.2) is 4.39 Å². The molecule has 1 unspecified atom stereocenters. The first kappa shape index (κ1) is 26.5. The summed E-state index contributed by atoms with van der Waals surface area (Å²) in [6.07, 6.45) is 1.85. The van der Waals surface area contributed by atoms with Crippen LogP contribution < -0.4 is 15.4 Å². The van der Waals surface area contributed by atoms with Gasteiger partial charge in [0.2, 0.25) is 0 Å². The molecule has 7 heteroatoms. The number of ether oxygens (including phenoxy) is 1. The van der Waals surface area contributed by atoms with Crippen LogP contribution in [0.5, 0.6) is 5.75 Å². The van der Waals surface area contributed by atoms with Crippen LogP contribution in [0.1, 0.15) is 53.0 Å². The van der Waals surface area contributed by atoms with Crippen molar-refractivity contribution < 1.29 is 13.9 Å². The van der Waals surface area contributed by atoms with E-state index in [-0.39, 0.29) is 17.4 Å². The van der Waals surface area contributed by atoms with Gasteiger partial charge in [0, 0.05) is 17.7 Å². The number of rotatable bonds is 5. The lowest BCUT2D eigenvalue weighted by molar-refractivity contribution is -0.116. The van der Waals surface area contributed by atoms with Gasteiger partial charge in [0.05, 0.1) is 28.3 Å². The minimum atomic E-state index is -0.577. The molecule has 1 heterocycles. The average molecular weight is 542 g/mol. The van der Waals surface area contributed by atoms with Gasteiger partial charge < -0.3 is 10.5 Å². The number of carbonyl (C=O) groups is 1. The highest BCUT2D eigenvalue weighted by molar-refractivity contribution is 6.32. The van der Waals surface area contributed by atoms with E-state index in [1.165, 1.54) is 18.2 Å². The number of carbonyl (C=O) groups excluding carboxylic acids is 1. The Balaban J connectivity index is 1.63. The van der Waals surface area contributed by atoms with Crippen LogP contribution >= 0.6 is 11.6 Å². The molecule has 2 N–H and O–H groups in total. The number of ketones is 1. The fraction of sp³-hybridized carbons (Fsp3) is 0.250. The number of nitrogens with zero attached hydrogens (tertiary/aromatic N) is 2. The van der Waals surface area contributed by atoms with E-state index in [0.29, 0.717) is 35.6 Å². The summed E-state index contributed by atoms with van der Waals surface area (Å²) >= 11 is 6.17. The van der Waals surface area contributed by atoms with Crippen LogP contribution in [-0.4, -0.2) is 5.78 Å². The molecule has 1 aliphatic heterocycles. The highest BCUT2D eigenvalue weighted by Gasteiger charge is 2.41. The fourth-order valence-corrected chi connectivity index (χ4v) is 5.84. The molecule has 0 spiro atoms. The highest BCUT2D eigenvalue weighted by Crippen LogP contribution is 2.47. The first-order chi connectivity index (χ1) is 18.7. The van der Waals surface area contributed by atoms with Gasteiger partial charge in [0.15, 0.2) is 5.78 Å². The highest BCUT2D eigenvalue weighted by atomic mass is 35.5. The zero-order valence-electron chi connectivity index (χ0n) is 22.1. The van der Waals surface area contributed by atoms with Crippen molar-refractivity contribution in [1.29, 1.82) is 5.26 Å². The number of Topliss-reactive ketones (excluding diaryl/α,β-unsaturated/α-hetero) is 1. The lowest BCUT2D eigenvalue weighted by Gasteiger charge is -2.40. The van der Waals surface area contributed by atoms with E-state index >= 15 is 0 Å². The van der Waals surface area contributed by atoms with E-state index in [9.17, 15) is 14.4 Å². The van der Waals surface area contributed by atoms with E-state index < -0.39 is 11.7 Å². The van der Waals surface area contributed by atoms with Gasteiger partial charge in [-0.1, -0.05) is 41.9 Å². The number of anilines is 1. The number of benzene rings is 3. The smallest absolute Gasteiger partial charge is 0.161 e. The minimum absolute atomic E-state index is 0.0379. The Kier molecular flexibility index (Phi) is 7.20. The average Bonchev–Trinajstić information content (AvgIpc) is 2.89. The first-order valence-electron chi connectivity index (χ1n) is 12.9. The number of halogens is 2. The van der Waals surface area contributed by atoms with Gasteiger partial charge in [-0.2, -0.15) is 5.26 Å². The number of para-hydroxylation sites is 1. The van der Waals surface area contributed by atoms with Crippen molar-refractivity contribution in [3.8, 4) is 11.8 Å². The van der Waals surface area contributed by atoms with Crippen molar-refractivity contribution in [3.05, 3.63) is 116 Å². The van der Waals surface area contributed by atoms with Gasteiger partial charge in [-0.05, 0) is 85.7 Å². The zero-order valence-corrected chi connectivity index (χ0v) is 22.9. The predicted octanol–water partition coefficient (Wildman–Crippen LogP) is 7.29. The maximum atomic E-state index is 13.6. The van der Waals surface area contributed by atoms with Crippen molar-refractivity contribution in [2.45, 2.75) is 52.6 Å². The van der Waals surface area contributed by atoms with Crippen molar-refractivity contribution in [3.63, 3.8) is 0 Å². The maximum Gasteiger partial charge on any atom is 0.161 e. The normalized spacial score (nSPS) is 17.3. The lowest BCUT2D eigenvalue weighted by Crippen LogP contribution is -2.39. The second-order valence-electron chi connectivity index (χ2n) is 10.1. The molecule has 5 nitrogen and oxygen atoms in total. The van der Waals surface area contributed by atoms with Crippen LogP contribution in [0.3, 0.4) is 0 Å². The van der Waals surface area contributed by atoms with Crippen LogP contribution in [0.15, 0.2) is 77.3 Å². The summed E-state index contributed by atoms with van der Waals surface area (Å²) in [7, 11) is 0. The number of allylic oxidation sites excluding steroid dienone is 3. The minimum Gasteiger partial charge on any atom is -0.487 e. The standard InChI is InChI=1S/C32H29ClFN3O2/c1-18-7-4-5-8-26(18)37-27-9-6-10-28(38)31(27)30(24(16-35)32(37)36)23-14-21(19(2)13-20(23)3)17-39-29-12-11-22(34)15-25(29)33/h4-5,7-8,11-15,30H,6,9-10,17,36H2,1-3H3. The van der Waals surface area contributed by atoms with Crippen molar-refractivity contribution in [2.24, 2.45) is 5.73 Å². The van der Waals surface area contributed by atoms with E-state index in [2.05, 4.69) is 6.07 Å². The molecule has 39 heavy (non-hydrogen) atoms. The van der Waals surface area contributed by atoms with E-state index in [0.717, 1.165) is 45.6 Å². The Morgan fingerprint density at radius 2 is 1.85 bits per heavy atom. The maximum absolute atomic E-state index is 13.6. The molecule has 0 bridgehead atoms. The molecule has 0 aromatic heterocycles. The Morgan fingerprint density at radius 3 is 2.56 bits per heavy atom. The van der Waals surface area contributed by atoms with Gasteiger partial charge in [0.25, 0.3) is 0 Å². The summed E-state index contributed by atoms with van der Waals surface area (Å²) in [5.74, 6) is -0.253. The van der Waals surface area contributed by atoms with Crippen LogP contribution in [0.25, 0.3) is 0 Å². The monoisotopic (exact) mass is 541 g/mol. The molecule has 1 aliphatic carbocycles. The van der Waals surface area contributed by atoms with Gasteiger partial charge in [0.1, 0.15) is 24.0 Å². The third kappa shape index (κ3) is 4.79.